The Hall–Kier alpha value is -2.83. The molecule has 9 nitrogen and oxygen atoms in total. The zero-order valence-electron chi connectivity index (χ0n) is 19.8. The van der Waals surface area contributed by atoms with E-state index in [-0.39, 0.29) is 51.4 Å². The number of halogens is 2. The van der Waals surface area contributed by atoms with Crippen LogP contribution in [0.1, 0.15) is 36.3 Å². The minimum atomic E-state index is -1.11. The quantitative estimate of drug-likeness (QED) is 0.531. The van der Waals surface area contributed by atoms with Gasteiger partial charge in [-0.1, -0.05) is 11.8 Å². The van der Waals surface area contributed by atoms with Gasteiger partial charge in [-0.05, 0) is 26.3 Å². The van der Waals surface area contributed by atoms with Crippen LogP contribution in [-0.2, 0) is 15.0 Å². The summed E-state index contributed by atoms with van der Waals surface area (Å²) in [6.07, 6.45) is 3.09. The molecule has 0 radical (unpaired) electrons. The second-order valence-electron chi connectivity index (χ2n) is 8.83. The molecule has 4 rings (SSSR count). The second-order valence-corrected chi connectivity index (χ2v) is 10.3. The molecule has 188 valence electrons. The van der Waals surface area contributed by atoms with Gasteiger partial charge in [0.25, 0.3) is 5.91 Å². The van der Waals surface area contributed by atoms with Crippen LogP contribution in [0.4, 0.5) is 14.5 Å². The van der Waals surface area contributed by atoms with Gasteiger partial charge in [0.15, 0.2) is 16.8 Å². The number of methoxy groups -OCH3 is 2. The molecule has 0 bridgehead atoms. The number of thioether (sulfide) groups is 1. The van der Waals surface area contributed by atoms with Crippen LogP contribution in [0.15, 0.2) is 29.5 Å². The first-order valence-electron chi connectivity index (χ1n) is 10.9. The normalized spacial score (nSPS) is 25.9. The molecule has 0 saturated heterocycles. The Kier molecular flexibility index (Phi) is 6.98. The molecule has 12 heteroatoms. The van der Waals surface area contributed by atoms with E-state index in [1.54, 1.807) is 21.1 Å². The van der Waals surface area contributed by atoms with Crippen LogP contribution in [0, 0.1) is 17.6 Å². The summed E-state index contributed by atoms with van der Waals surface area (Å²) in [6, 6.07) is 2.30. The third-order valence-electron chi connectivity index (χ3n) is 6.30. The number of hydrogen-bond acceptors (Lipinski definition) is 9. The summed E-state index contributed by atoms with van der Waals surface area (Å²) >= 11 is 1.40. The second kappa shape index (κ2) is 9.67. The SMILES string of the molecule is COC[C@]12C[C@H]1[C@](C)(c1cc(NC(=O)c3cnc(OC[C@H](C)OC)cn3)cc(F)c1F)N=C(N)S2. The highest BCUT2D eigenvalue weighted by Crippen LogP contribution is 2.66. The molecule has 2 aliphatic rings. The summed E-state index contributed by atoms with van der Waals surface area (Å²) in [5.74, 6) is -2.65. The molecule has 4 atom stereocenters. The average molecular weight is 508 g/mol. The van der Waals surface area contributed by atoms with Crippen molar-refractivity contribution in [2.24, 2.45) is 16.6 Å². The molecule has 35 heavy (non-hydrogen) atoms. The predicted molar refractivity (Wildman–Crippen MR) is 128 cm³/mol. The highest BCUT2D eigenvalue weighted by atomic mass is 32.2. The van der Waals surface area contributed by atoms with E-state index in [9.17, 15) is 9.18 Å². The number of amidine groups is 1. The van der Waals surface area contributed by atoms with Crippen LogP contribution in [0.3, 0.4) is 0 Å². The van der Waals surface area contributed by atoms with E-state index in [0.717, 1.165) is 6.07 Å². The van der Waals surface area contributed by atoms with Gasteiger partial charge in [-0.2, -0.15) is 0 Å². The zero-order chi connectivity index (χ0) is 25.4. The van der Waals surface area contributed by atoms with Crippen LogP contribution >= 0.6 is 11.8 Å². The number of ether oxygens (including phenoxy) is 3. The predicted octanol–water partition coefficient (Wildman–Crippen LogP) is 3.10. The summed E-state index contributed by atoms with van der Waals surface area (Å²) in [5.41, 5.74) is 5.00. The first-order chi connectivity index (χ1) is 16.6. The maximum absolute atomic E-state index is 15.0. The molecule has 3 N–H and O–H groups in total. The number of hydrogen-bond donors (Lipinski definition) is 2. The van der Waals surface area contributed by atoms with Gasteiger partial charge >= 0.3 is 0 Å². The van der Waals surface area contributed by atoms with Crippen molar-refractivity contribution in [2.75, 3.05) is 32.8 Å². The van der Waals surface area contributed by atoms with Crippen LogP contribution in [0.2, 0.25) is 0 Å². The summed E-state index contributed by atoms with van der Waals surface area (Å²) in [7, 11) is 3.15. The molecule has 1 fully saturated rings. The number of nitrogens with one attached hydrogen (secondary N) is 1. The van der Waals surface area contributed by atoms with Crippen LogP contribution in [-0.4, -0.2) is 59.3 Å². The van der Waals surface area contributed by atoms with Gasteiger partial charge in [0.2, 0.25) is 5.88 Å². The van der Waals surface area contributed by atoms with Crippen molar-refractivity contribution >= 4 is 28.5 Å². The molecular weight excluding hydrogens is 480 g/mol. The molecule has 1 aromatic carbocycles. The van der Waals surface area contributed by atoms with Crippen molar-refractivity contribution < 1.29 is 27.8 Å². The molecule has 0 spiro atoms. The Bertz CT molecular complexity index is 1150. The van der Waals surface area contributed by atoms with Crippen LogP contribution < -0.4 is 15.8 Å². The van der Waals surface area contributed by atoms with E-state index in [1.807, 2.05) is 6.92 Å². The smallest absolute Gasteiger partial charge is 0.275 e. The van der Waals surface area contributed by atoms with Crippen molar-refractivity contribution in [3.05, 3.63) is 47.4 Å². The van der Waals surface area contributed by atoms with Gasteiger partial charge in [-0.3, -0.25) is 9.79 Å². The lowest BCUT2D eigenvalue weighted by Gasteiger charge is -2.34. The zero-order valence-corrected chi connectivity index (χ0v) is 20.6. The van der Waals surface area contributed by atoms with E-state index >= 15 is 4.39 Å². The molecule has 2 heterocycles. The maximum atomic E-state index is 15.0. The maximum Gasteiger partial charge on any atom is 0.275 e. The number of benzene rings is 1. The molecule has 1 aromatic heterocycles. The average Bonchev–Trinajstić information content (AvgIpc) is 3.54. The van der Waals surface area contributed by atoms with Gasteiger partial charge in [0.1, 0.15) is 12.3 Å². The number of carbonyl (C=O) groups is 1. The van der Waals surface area contributed by atoms with Crippen molar-refractivity contribution in [3.63, 3.8) is 0 Å². The monoisotopic (exact) mass is 507 g/mol. The first-order valence-corrected chi connectivity index (χ1v) is 11.8. The number of amides is 1. The summed E-state index contributed by atoms with van der Waals surface area (Å²) in [5, 5.41) is 2.84. The number of carbonyl (C=O) groups excluding carboxylic acids is 1. The Labute approximate surface area is 205 Å². The fraction of sp³-hybridized carbons (Fsp3) is 0.478. The molecule has 1 aliphatic carbocycles. The van der Waals surface area contributed by atoms with E-state index in [1.165, 1.54) is 30.2 Å². The Morgan fingerprint density at radius 3 is 2.74 bits per heavy atom. The lowest BCUT2D eigenvalue weighted by molar-refractivity contribution is 0.0697. The fourth-order valence-electron chi connectivity index (χ4n) is 4.33. The minimum absolute atomic E-state index is 0.0149. The highest BCUT2D eigenvalue weighted by molar-refractivity contribution is 8.15. The third kappa shape index (κ3) is 4.95. The van der Waals surface area contributed by atoms with Crippen molar-refractivity contribution in [1.82, 2.24) is 9.97 Å². The number of anilines is 1. The fourth-order valence-corrected chi connectivity index (χ4v) is 5.78. The topological polar surface area (TPSA) is 121 Å². The van der Waals surface area contributed by atoms with Crippen molar-refractivity contribution in [1.29, 1.82) is 0 Å². The summed E-state index contributed by atoms with van der Waals surface area (Å²) < 4.78 is 45.2. The summed E-state index contributed by atoms with van der Waals surface area (Å²) in [4.78, 5) is 25.3. The minimum Gasteiger partial charge on any atom is -0.474 e. The number of aromatic nitrogens is 2. The Morgan fingerprint density at radius 2 is 2.09 bits per heavy atom. The molecule has 1 amide bonds. The lowest BCUT2D eigenvalue weighted by Crippen LogP contribution is -2.38. The van der Waals surface area contributed by atoms with Gasteiger partial charge < -0.3 is 25.3 Å². The number of aliphatic imine (C=N–C) groups is 1. The first kappa shape index (κ1) is 25.3. The van der Waals surface area contributed by atoms with Gasteiger partial charge in [0.05, 0.1) is 35.4 Å². The highest BCUT2D eigenvalue weighted by Gasteiger charge is 2.66. The number of rotatable bonds is 9. The van der Waals surface area contributed by atoms with Gasteiger partial charge in [-0.15, -0.1) is 0 Å². The Balaban J connectivity index is 1.55. The van der Waals surface area contributed by atoms with Crippen LogP contribution in [0.5, 0.6) is 5.88 Å². The molecule has 1 aliphatic heterocycles. The largest absolute Gasteiger partial charge is 0.474 e. The van der Waals surface area contributed by atoms with E-state index in [0.29, 0.717) is 13.0 Å². The molecule has 1 saturated carbocycles. The molecular formula is C23H27F2N5O4S. The van der Waals surface area contributed by atoms with E-state index in [2.05, 4.69) is 20.3 Å². The lowest BCUT2D eigenvalue weighted by atomic mass is 9.85. The third-order valence-corrected chi connectivity index (χ3v) is 7.58. The molecule has 0 unspecified atom stereocenters. The Morgan fingerprint density at radius 1 is 1.31 bits per heavy atom. The number of fused-ring (bicyclic) bond motifs is 1. The van der Waals surface area contributed by atoms with Crippen molar-refractivity contribution in [3.8, 4) is 5.88 Å². The standard InChI is InChI=1S/C23H27F2N5O4S/c1-12(33-4)10-34-18-9-27-16(8-28-18)20(31)29-13-5-14(19(25)15(24)6-13)22(2)17-7-23(17,11-32-3)35-21(26)30-22/h5-6,8-9,12,17H,7,10-11H2,1-4H3,(H2,26,30)(H,29,31)/t12-,17-,22-,23+/m0/s1. The van der Waals surface area contributed by atoms with Crippen molar-refractivity contribution in [2.45, 2.75) is 36.7 Å². The van der Waals surface area contributed by atoms with Crippen LogP contribution in [0.25, 0.3) is 0 Å². The van der Waals surface area contributed by atoms with E-state index in [4.69, 9.17) is 19.9 Å². The van der Waals surface area contributed by atoms with Gasteiger partial charge in [-0.25, -0.2) is 18.7 Å². The molecule has 2 aromatic rings. The summed E-state index contributed by atoms with van der Waals surface area (Å²) in [6.45, 7) is 4.24. The number of nitrogens with zero attached hydrogens (tertiary/aromatic N) is 3. The number of nitrogens with two attached hydrogens (primary N) is 1. The van der Waals surface area contributed by atoms with E-state index < -0.39 is 23.1 Å². The van der Waals surface area contributed by atoms with Gasteiger partial charge in [0, 0.05) is 37.5 Å².